The molecule has 1 N–H and O–H groups in total. The maximum atomic E-state index is 11.9. The van der Waals surface area contributed by atoms with Gasteiger partial charge in [0.2, 0.25) is 0 Å². The summed E-state index contributed by atoms with van der Waals surface area (Å²) in [6.07, 6.45) is 8.92. The van der Waals surface area contributed by atoms with E-state index in [4.69, 9.17) is 14.2 Å². The summed E-state index contributed by atoms with van der Waals surface area (Å²) < 4.78 is 15.5. The number of ether oxygens (including phenoxy) is 3. The van der Waals surface area contributed by atoms with Gasteiger partial charge >= 0.3 is 12.1 Å². The molecule has 4 fully saturated rings. The van der Waals surface area contributed by atoms with E-state index < -0.39 is 6.16 Å². The predicted octanol–water partition coefficient (Wildman–Crippen LogP) is 5.75. The summed E-state index contributed by atoms with van der Waals surface area (Å²) in [6, 6.07) is 0. The summed E-state index contributed by atoms with van der Waals surface area (Å²) in [4.78, 5) is 23.6. The van der Waals surface area contributed by atoms with Crippen molar-refractivity contribution in [2.24, 2.45) is 46.3 Å². The summed E-state index contributed by atoms with van der Waals surface area (Å²) in [5.74, 6) is 3.01. The van der Waals surface area contributed by atoms with Gasteiger partial charge in [0, 0.05) is 6.42 Å². The van der Waals surface area contributed by atoms with E-state index in [1.165, 1.54) is 26.4 Å². The molecule has 0 bridgehead atoms. The number of hydrogen-bond acceptors (Lipinski definition) is 6. The molecule has 6 heteroatoms. The van der Waals surface area contributed by atoms with Crippen LogP contribution in [0.4, 0.5) is 4.79 Å². The smallest absolute Gasteiger partial charge is 0.469 e. The third-order valence-corrected chi connectivity index (χ3v) is 11.0. The highest BCUT2D eigenvalue weighted by Crippen LogP contribution is 2.68. The Bertz CT molecular complexity index is 753. The molecule has 0 radical (unpaired) electrons. The summed E-state index contributed by atoms with van der Waals surface area (Å²) >= 11 is 0. The molecule has 0 aromatic heterocycles. The zero-order valence-corrected chi connectivity index (χ0v) is 21.9. The molecule has 0 unspecified atom stereocenters. The Morgan fingerprint density at radius 2 is 1.82 bits per heavy atom. The van der Waals surface area contributed by atoms with E-state index in [0.29, 0.717) is 48.5 Å². The Kier molecular flexibility index (Phi) is 7.57. The number of aliphatic hydroxyl groups excluding tert-OH is 1. The third kappa shape index (κ3) is 4.37. The molecule has 10 atom stereocenters. The molecule has 4 saturated carbocycles. The van der Waals surface area contributed by atoms with Crippen molar-refractivity contribution in [2.45, 2.75) is 104 Å². The third-order valence-electron chi connectivity index (χ3n) is 11.0. The van der Waals surface area contributed by atoms with Gasteiger partial charge in [-0.2, -0.15) is 0 Å². The normalized spacial score (nSPS) is 44.2. The van der Waals surface area contributed by atoms with Crippen molar-refractivity contribution in [3.63, 3.8) is 0 Å². The van der Waals surface area contributed by atoms with E-state index in [1.807, 2.05) is 0 Å². The van der Waals surface area contributed by atoms with Crippen LogP contribution >= 0.6 is 0 Å². The SMILES string of the molecule is CCOC(=O)O[C@@H]1CC[C@@]2(C)[C@H](CC[C@@H]3[C@@H]2C[C@H](O)[C@]2(C)[C@@H]([C@H](C)CCC(=O)OC)CC[C@@H]32)C1. The molecule has 0 amide bonds. The average molecular weight is 479 g/mol. The molecular weight excluding hydrogens is 432 g/mol. The highest BCUT2D eigenvalue weighted by atomic mass is 16.7. The van der Waals surface area contributed by atoms with Crippen LogP contribution in [-0.4, -0.2) is 43.2 Å². The maximum Gasteiger partial charge on any atom is 0.508 e. The molecular formula is C28H46O6. The van der Waals surface area contributed by atoms with Gasteiger partial charge in [-0.25, -0.2) is 4.79 Å². The zero-order valence-electron chi connectivity index (χ0n) is 21.9. The van der Waals surface area contributed by atoms with Crippen LogP contribution in [0.1, 0.15) is 91.9 Å². The second-order valence-corrected chi connectivity index (χ2v) is 12.2. The lowest BCUT2D eigenvalue weighted by atomic mass is 9.43. The van der Waals surface area contributed by atoms with Crippen LogP contribution in [0.15, 0.2) is 0 Å². The lowest BCUT2D eigenvalue weighted by Crippen LogP contribution is -2.59. The van der Waals surface area contributed by atoms with Crippen molar-refractivity contribution in [2.75, 3.05) is 13.7 Å². The van der Waals surface area contributed by atoms with Gasteiger partial charge in [-0.05, 0) is 111 Å². The van der Waals surface area contributed by atoms with E-state index in [2.05, 4.69) is 20.8 Å². The lowest BCUT2D eigenvalue weighted by molar-refractivity contribution is -0.176. The van der Waals surface area contributed by atoms with E-state index >= 15 is 0 Å². The van der Waals surface area contributed by atoms with Gasteiger partial charge in [0.1, 0.15) is 6.10 Å². The van der Waals surface area contributed by atoms with Crippen molar-refractivity contribution < 1.29 is 28.9 Å². The van der Waals surface area contributed by atoms with E-state index in [1.54, 1.807) is 6.92 Å². The first-order valence-electron chi connectivity index (χ1n) is 13.7. The number of carbonyl (C=O) groups is 2. The van der Waals surface area contributed by atoms with Crippen molar-refractivity contribution in [1.29, 1.82) is 0 Å². The number of carbonyl (C=O) groups excluding carboxylic acids is 2. The Morgan fingerprint density at radius 3 is 2.53 bits per heavy atom. The highest BCUT2D eigenvalue weighted by Gasteiger charge is 2.63. The maximum absolute atomic E-state index is 11.9. The Labute approximate surface area is 205 Å². The summed E-state index contributed by atoms with van der Waals surface area (Å²) in [5.41, 5.74) is 0.137. The molecule has 0 heterocycles. The van der Waals surface area contributed by atoms with Gasteiger partial charge in [0.15, 0.2) is 0 Å². The van der Waals surface area contributed by atoms with E-state index in [9.17, 15) is 14.7 Å². The number of esters is 1. The molecule has 0 aromatic rings. The van der Waals surface area contributed by atoms with Crippen LogP contribution in [0.3, 0.4) is 0 Å². The second-order valence-electron chi connectivity index (χ2n) is 12.2. The van der Waals surface area contributed by atoms with Crippen LogP contribution in [0.2, 0.25) is 0 Å². The zero-order chi connectivity index (χ0) is 24.7. The first-order chi connectivity index (χ1) is 16.1. The number of methoxy groups -OCH3 is 1. The molecule has 6 nitrogen and oxygen atoms in total. The molecule has 34 heavy (non-hydrogen) atoms. The second kappa shape index (κ2) is 9.99. The van der Waals surface area contributed by atoms with E-state index in [-0.39, 0.29) is 29.0 Å². The van der Waals surface area contributed by atoms with Gasteiger partial charge in [0.25, 0.3) is 0 Å². The van der Waals surface area contributed by atoms with Gasteiger partial charge in [-0.1, -0.05) is 20.8 Å². The molecule has 4 aliphatic rings. The van der Waals surface area contributed by atoms with Gasteiger partial charge < -0.3 is 19.3 Å². The first kappa shape index (κ1) is 25.8. The molecule has 0 aliphatic heterocycles. The molecule has 0 saturated heterocycles. The Hall–Kier alpha value is -1.30. The highest BCUT2D eigenvalue weighted by molar-refractivity contribution is 5.69. The summed E-state index contributed by atoms with van der Waals surface area (Å²) in [5, 5.41) is 11.7. The summed E-state index contributed by atoms with van der Waals surface area (Å²) in [7, 11) is 1.46. The minimum atomic E-state index is -0.535. The average Bonchev–Trinajstić information content (AvgIpc) is 3.17. The number of rotatable bonds is 6. The van der Waals surface area contributed by atoms with Crippen molar-refractivity contribution in [3.8, 4) is 0 Å². The fourth-order valence-corrected chi connectivity index (χ4v) is 9.19. The van der Waals surface area contributed by atoms with Crippen LogP contribution in [0.25, 0.3) is 0 Å². The topological polar surface area (TPSA) is 82.1 Å². The fourth-order valence-electron chi connectivity index (χ4n) is 9.19. The predicted molar refractivity (Wildman–Crippen MR) is 129 cm³/mol. The molecule has 0 aromatic carbocycles. The first-order valence-corrected chi connectivity index (χ1v) is 13.7. The lowest BCUT2D eigenvalue weighted by Gasteiger charge is -2.62. The quantitative estimate of drug-likeness (QED) is 0.490. The standard InChI is InChI=1S/C28H46O6/c1-6-33-26(31)34-19-13-14-27(3)18(15-19)8-9-20-22-11-10-21(17(2)7-12-25(30)32-5)28(22,4)24(29)16-23(20)27/h17-24,29H,6-16H2,1-5H3/t17-,18-,19-,20+,21-,22+,23+,24+,27+,28-/m1/s1. The van der Waals surface area contributed by atoms with Crippen molar-refractivity contribution in [1.82, 2.24) is 0 Å². The molecule has 4 aliphatic carbocycles. The molecule has 0 spiro atoms. The minimum absolute atomic E-state index is 0.0426. The number of fused-ring (bicyclic) bond motifs is 5. The van der Waals surface area contributed by atoms with Gasteiger partial charge in [-0.15, -0.1) is 0 Å². The monoisotopic (exact) mass is 478 g/mol. The fraction of sp³-hybridized carbons (Fsp3) is 0.929. The van der Waals surface area contributed by atoms with Crippen LogP contribution in [0, 0.1) is 46.3 Å². The molecule has 194 valence electrons. The Balaban J connectivity index is 1.46. The minimum Gasteiger partial charge on any atom is -0.469 e. The Morgan fingerprint density at radius 1 is 1.06 bits per heavy atom. The number of hydrogen-bond donors (Lipinski definition) is 1. The van der Waals surface area contributed by atoms with Crippen LogP contribution in [0.5, 0.6) is 0 Å². The van der Waals surface area contributed by atoms with Crippen LogP contribution in [-0.2, 0) is 19.0 Å². The number of aliphatic hydroxyl groups is 1. The van der Waals surface area contributed by atoms with Crippen molar-refractivity contribution in [3.05, 3.63) is 0 Å². The van der Waals surface area contributed by atoms with E-state index in [0.717, 1.165) is 38.5 Å². The summed E-state index contributed by atoms with van der Waals surface area (Å²) in [6.45, 7) is 9.22. The van der Waals surface area contributed by atoms with Crippen molar-refractivity contribution >= 4 is 12.1 Å². The largest absolute Gasteiger partial charge is 0.508 e. The van der Waals surface area contributed by atoms with Crippen LogP contribution < -0.4 is 0 Å². The molecule has 4 rings (SSSR count). The van der Waals surface area contributed by atoms with Gasteiger partial charge in [-0.3, -0.25) is 4.79 Å². The van der Waals surface area contributed by atoms with Gasteiger partial charge in [0.05, 0.1) is 19.8 Å².